The number of hydrogen-bond donors (Lipinski definition) is 3. The summed E-state index contributed by atoms with van der Waals surface area (Å²) in [5.74, 6) is 0.535. The second-order valence-corrected chi connectivity index (χ2v) is 8.54. The minimum Gasteiger partial charge on any atom is -0.383 e. The molecule has 0 saturated heterocycles. The number of amides is 2. The van der Waals surface area contributed by atoms with E-state index in [0.29, 0.717) is 40.3 Å². The summed E-state index contributed by atoms with van der Waals surface area (Å²) in [5.41, 5.74) is 7.70. The van der Waals surface area contributed by atoms with Crippen LogP contribution in [0.15, 0.2) is 54.0 Å². The summed E-state index contributed by atoms with van der Waals surface area (Å²) >= 11 is 0. The first kappa shape index (κ1) is 22.0. The molecule has 0 fully saturated rings. The van der Waals surface area contributed by atoms with E-state index >= 15 is 0 Å². The summed E-state index contributed by atoms with van der Waals surface area (Å²) in [5, 5.41) is 9.47. The maximum Gasteiger partial charge on any atom is 0.325 e. The van der Waals surface area contributed by atoms with Crippen molar-refractivity contribution in [1.82, 2.24) is 19.7 Å². The van der Waals surface area contributed by atoms with Crippen LogP contribution in [0.1, 0.15) is 26.5 Å². The van der Waals surface area contributed by atoms with E-state index in [0.717, 1.165) is 0 Å². The molecule has 0 atom stereocenters. The topological polar surface area (TPSA) is 124 Å². The molecular formula is C23H24FN7O2. The van der Waals surface area contributed by atoms with Crippen molar-refractivity contribution >= 4 is 34.4 Å². The van der Waals surface area contributed by atoms with Gasteiger partial charge in [0.2, 0.25) is 0 Å². The number of aromatic nitrogens is 4. The number of benzene rings is 1. The fourth-order valence-corrected chi connectivity index (χ4v) is 3.39. The lowest BCUT2D eigenvalue weighted by Gasteiger charge is -2.12. The Labute approximate surface area is 189 Å². The molecule has 0 bridgehead atoms. The number of rotatable bonds is 5. The molecule has 4 aromatic rings. The van der Waals surface area contributed by atoms with Gasteiger partial charge >= 0.3 is 6.03 Å². The molecule has 1 aromatic carbocycles. The van der Waals surface area contributed by atoms with Crippen molar-refractivity contribution in [2.75, 3.05) is 16.4 Å². The van der Waals surface area contributed by atoms with Crippen molar-refractivity contribution in [3.05, 3.63) is 61.0 Å². The van der Waals surface area contributed by atoms with E-state index in [-0.39, 0.29) is 16.9 Å². The van der Waals surface area contributed by atoms with Crippen LogP contribution in [0.4, 0.5) is 26.5 Å². The predicted molar refractivity (Wildman–Crippen MR) is 125 cm³/mol. The van der Waals surface area contributed by atoms with Crippen molar-refractivity contribution in [2.45, 2.75) is 32.7 Å². The molecule has 0 saturated carbocycles. The number of nitrogens with one attached hydrogen (secondary N) is 2. The first-order valence-electron chi connectivity index (χ1n) is 10.2. The molecule has 0 unspecified atom stereocenters. The Morgan fingerprint density at radius 3 is 2.73 bits per heavy atom. The number of carbonyl (C=O) groups excluding carboxylic acids is 1. The van der Waals surface area contributed by atoms with Gasteiger partial charge in [0, 0.05) is 29.8 Å². The average molecular weight is 449 g/mol. The number of urea groups is 1. The highest BCUT2D eigenvalue weighted by atomic mass is 19.1. The lowest BCUT2D eigenvalue weighted by molar-refractivity contribution is 0.261. The highest BCUT2D eigenvalue weighted by Gasteiger charge is 2.21. The normalized spacial score (nSPS) is 11.5. The standard InChI is InChI=1S/C23H24FN7O2/c1-5-8-31-11-14(19-20(25)26-12-27-21(19)31)13-6-7-16(15(24)9-13)28-22(32)29-18-10-17(33-30-18)23(2,3)4/h5-7,9-12H,1,8H2,2-4H3,(H2,25,26,27)(H2,28,29,30,32). The zero-order chi connectivity index (χ0) is 23.8. The molecule has 4 N–H and O–H groups in total. The van der Waals surface area contributed by atoms with Crippen LogP contribution in [0.2, 0.25) is 0 Å². The average Bonchev–Trinajstić information content (AvgIpc) is 3.36. The summed E-state index contributed by atoms with van der Waals surface area (Å²) in [7, 11) is 0. The summed E-state index contributed by atoms with van der Waals surface area (Å²) in [6.07, 6.45) is 4.93. The summed E-state index contributed by atoms with van der Waals surface area (Å²) in [6, 6.07) is 5.47. The third kappa shape index (κ3) is 4.40. The second kappa shape index (κ2) is 8.38. The van der Waals surface area contributed by atoms with Crippen molar-refractivity contribution in [3.8, 4) is 11.1 Å². The molecule has 33 heavy (non-hydrogen) atoms. The van der Waals surface area contributed by atoms with Gasteiger partial charge in [-0.25, -0.2) is 19.2 Å². The number of halogens is 1. The molecule has 4 rings (SSSR count). The Hall–Kier alpha value is -4.21. The third-order valence-electron chi connectivity index (χ3n) is 5.03. The van der Waals surface area contributed by atoms with E-state index < -0.39 is 11.8 Å². The van der Waals surface area contributed by atoms with Crippen LogP contribution in [0, 0.1) is 5.82 Å². The van der Waals surface area contributed by atoms with Gasteiger partial charge in [0.05, 0.1) is 11.1 Å². The molecule has 0 aliphatic carbocycles. The minimum absolute atomic E-state index is 0.00911. The maximum atomic E-state index is 14.9. The van der Waals surface area contributed by atoms with E-state index in [9.17, 15) is 9.18 Å². The molecule has 0 aliphatic rings. The zero-order valence-corrected chi connectivity index (χ0v) is 18.5. The molecule has 2 amide bonds. The van der Waals surface area contributed by atoms with Gasteiger partial charge < -0.3 is 20.1 Å². The van der Waals surface area contributed by atoms with Crippen molar-refractivity contribution < 1.29 is 13.7 Å². The Balaban J connectivity index is 1.57. The Kier molecular flexibility index (Phi) is 5.59. The predicted octanol–water partition coefficient (Wildman–Crippen LogP) is 4.94. The summed E-state index contributed by atoms with van der Waals surface area (Å²) < 4.78 is 22.0. The lowest BCUT2D eigenvalue weighted by atomic mass is 9.93. The molecule has 170 valence electrons. The fraction of sp³-hybridized carbons (Fsp3) is 0.217. The van der Waals surface area contributed by atoms with Crippen LogP contribution in [0.25, 0.3) is 22.2 Å². The van der Waals surface area contributed by atoms with Gasteiger partial charge in [0.25, 0.3) is 0 Å². The number of carbonyl (C=O) groups is 1. The minimum atomic E-state index is -0.643. The van der Waals surface area contributed by atoms with Crippen LogP contribution in [-0.4, -0.2) is 25.7 Å². The quantitative estimate of drug-likeness (QED) is 0.371. The fourth-order valence-electron chi connectivity index (χ4n) is 3.39. The van der Waals surface area contributed by atoms with Gasteiger partial charge in [-0.1, -0.05) is 38.1 Å². The molecule has 0 aliphatic heterocycles. The first-order valence-corrected chi connectivity index (χ1v) is 10.2. The SMILES string of the molecule is C=CCn1cc(-c2ccc(NC(=O)Nc3cc(C(C)(C)C)on3)c(F)c2)c2c(N)ncnc21. The van der Waals surface area contributed by atoms with E-state index in [1.54, 1.807) is 18.2 Å². The van der Waals surface area contributed by atoms with Gasteiger partial charge in [-0.3, -0.25) is 5.32 Å². The van der Waals surface area contributed by atoms with Crippen molar-refractivity contribution in [1.29, 1.82) is 0 Å². The van der Waals surface area contributed by atoms with Gasteiger partial charge in [0.15, 0.2) is 5.82 Å². The number of nitrogen functional groups attached to an aromatic ring is 1. The molecule has 0 spiro atoms. The molecule has 3 heterocycles. The van der Waals surface area contributed by atoms with Crippen molar-refractivity contribution in [3.63, 3.8) is 0 Å². The highest BCUT2D eigenvalue weighted by Crippen LogP contribution is 2.34. The molecular weight excluding hydrogens is 425 g/mol. The van der Waals surface area contributed by atoms with Gasteiger partial charge in [0.1, 0.15) is 29.4 Å². The maximum absolute atomic E-state index is 14.9. The van der Waals surface area contributed by atoms with Gasteiger partial charge in [-0.05, 0) is 17.7 Å². The van der Waals surface area contributed by atoms with Crippen molar-refractivity contribution in [2.24, 2.45) is 0 Å². The smallest absolute Gasteiger partial charge is 0.325 e. The van der Waals surface area contributed by atoms with Crippen LogP contribution in [-0.2, 0) is 12.0 Å². The Bertz CT molecular complexity index is 1350. The molecule has 9 nitrogen and oxygen atoms in total. The van der Waals surface area contributed by atoms with Crippen LogP contribution >= 0.6 is 0 Å². The number of nitrogens with two attached hydrogens (primary N) is 1. The zero-order valence-electron chi connectivity index (χ0n) is 18.5. The molecule has 0 radical (unpaired) electrons. The van der Waals surface area contributed by atoms with Crippen LogP contribution in [0.5, 0.6) is 0 Å². The number of anilines is 3. The second-order valence-electron chi connectivity index (χ2n) is 8.54. The molecule has 3 aromatic heterocycles. The lowest BCUT2D eigenvalue weighted by Crippen LogP contribution is -2.20. The molecule has 10 heteroatoms. The third-order valence-corrected chi connectivity index (χ3v) is 5.03. The highest BCUT2D eigenvalue weighted by molar-refractivity contribution is 6.02. The summed E-state index contributed by atoms with van der Waals surface area (Å²) in [4.78, 5) is 20.7. The van der Waals surface area contributed by atoms with Crippen LogP contribution in [0.3, 0.4) is 0 Å². The van der Waals surface area contributed by atoms with Gasteiger partial charge in [-0.15, -0.1) is 6.58 Å². The Morgan fingerprint density at radius 2 is 2.06 bits per heavy atom. The van der Waals surface area contributed by atoms with E-state index in [1.165, 1.54) is 18.5 Å². The number of nitrogens with zero attached hydrogens (tertiary/aromatic N) is 4. The van der Waals surface area contributed by atoms with E-state index in [1.807, 2.05) is 31.5 Å². The monoisotopic (exact) mass is 449 g/mol. The largest absolute Gasteiger partial charge is 0.383 e. The number of hydrogen-bond acceptors (Lipinski definition) is 6. The first-order chi connectivity index (χ1) is 15.7. The summed E-state index contributed by atoms with van der Waals surface area (Å²) in [6.45, 7) is 10.1. The van der Waals surface area contributed by atoms with Crippen LogP contribution < -0.4 is 16.4 Å². The number of fused-ring (bicyclic) bond motifs is 1. The number of allylic oxidation sites excluding steroid dienone is 1. The Morgan fingerprint density at radius 1 is 1.27 bits per heavy atom. The van der Waals surface area contributed by atoms with E-state index in [4.69, 9.17) is 10.3 Å². The van der Waals surface area contributed by atoms with E-state index in [2.05, 4.69) is 32.3 Å². The van der Waals surface area contributed by atoms with Gasteiger partial charge in [-0.2, -0.15) is 0 Å².